The molecule has 12 heavy (non-hydrogen) atoms. The molecule has 0 aromatic carbocycles. The molecule has 2 atom stereocenters. The van der Waals surface area contributed by atoms with Crippen LogP contribution in [0.5, 0.6) is 0 Å². The van der Waals surface area contributed by atoms with E-state index in [1.54, 1.807) is 0 Å². The molecule has 0 aromatic heterocycles. The van der Waals surface area contributed by atoms with E-state index in [1.807, 2.05) is 0 Å². The number of hydrogen-bond donors (Lipinski definition) is 1. The maximum atomic E-state index is 3.50. The maximum absolute atomic E-state index is 3.50. The van der Waals surface area contributed by atoms with Crippen molar-refractivity contribution in [2.45, 2.75) is 25.6 Å². The SMILES string of the molecule is CCN(CC)C12C=CC=CC1N2. The lowest BCUT2D eigenvalue weighted by atomic mass is 10.1. The standard InChI is InChI=1S/C10H16N2/c1-3-12(4-2)10-8-6-5-7-9(10)11-10/h5-9,11H,3-4H2,1-2H3. The Labute approximate surface area is 73.9 Å². The van der Waals surface area contributed by atoms with E-state index >= 15 is 0 Å². The minimum atomic E-state index is 0.179. The molecule has 0 aromatic rings. The van der Waals surface area contributed by atoms with Gasteiger partial charge in [0.2, 0.25) is 0 Å². The lowest BCUT2D eigenvalue weighted by Crippen LogP contribution is -2.40. The molecule has 1 heterocycles. The molecule has 2 aliphatic rings. The molecule has 0 amide bonds. The molecule has 2 heteroatoms. The third-order valence-corrected chi connectivity index (χ3v) is 2.83. The highest BCUT2D eigenvalue weighted by atomic mass is 15.4. The van der Waals surface area contributed by atoms with E-state index in [1.165, 1.54) is 0 Å². The average molecular weight is 164 g/mol. The quantitative estimate of drug-likeness (QED) is 0.632. The Kier molecular flexibility index (Phi) is 1.81. The van der Waals surface area contributed by atoms with Crippen LogP contribution in [0.25, 0.3) is 0 Å². The average Bonchev–Trinajstić information content (AvgIpc) is 2.81. The van der Waals surface area contributed by atoms with Crippen molar-refractivity contribution in [2.75, 3.05) is 13.1 Å². The predicted octanol–water partition coefficient (Wildman–Crippen LogP) is 1.12. The van der Waals surface area contributed by atoms with Crippen LogP contribution in [0.2, 0.25) is 0 Å². The fraction of sp³-hybridized carbons (Fsp3) is 0.600. The summed E-state index contributed by atoms with van der Waals surface area (Å²) in [6.07, 6.45) is 8.75. The van der Waals surface area contributed by atoms with Gasteiger partial charge in [-0.05, 0) is 19.2 Å². The zero-order valence-electron chi connectivity index (χ0n) is 7.75. The summed E-state index contributed by atoms with van der Waals surface area (Å²) < 4.78 is 0. The zero-order valence-corrected chi connectivity index (χ0v) is 7.75. The number of hydrogen-bond acceptors (Lipinski definition) is 2. The van der Waals surface area contributed by atoms with Gasteiger partial charge in [0.05, 0.1) is 6.04 Å². The minimum Gasteiger partial charge on any atom is -0.284 e. The van der Waals surface area contributed by atoms with Crippen LogP contribution < -0.4 is 5.32 Å². The fourth-order valence-corrected chi connectivity index (χ4v) is 2.07. The van der Waals surface area contributed by atoms with Crippen LogP contribution >= 0.6 is 0 Å². The van der Waals surface area contributed by atoms with Gasteiger partial charge in [0.1, 0.15) is 5.66 Å². The summed E-state index contributed by atoms with van der Waals surface area (Å²) in [6, 6.07) is 0.558. The molecule has 2 unspecified atom stereocenters. The van der Waals surface area contributed by atoms with E-state index in [0.29, 0.717) is 6.04 Å². The van der Waals surface area contributed by atoms with Crippen molar-refractivity contribution in [3.63, 3.8) is 0 Å². The fourth-order valence-electron chi connectivity index (χ4n) is 2.07. The molecule has 1 aliphatic heterocycles. The van der Waals surface area contributed by atoms with Gasteiger partial charge >= 0.3 is 0 Å². The molecule has 1 saturated heterocycles. The second-order valence-corrected chi connectivity index (χ2v) is 3.36. The Hall–Kier alpha value is -0.600. The number of likely N-dealkylation sites (N-methyl/N-ethyl adjacent to an activating group) is 1. The first-order valence-electron chi connectivity index (χ1n) is 4.72. The first kappa shape index (κ1) is 8.02. The van der Waals surface area contributed by atoms with Crippen LogP contribution in [0.15, 0.2) is 24.3 Å². The van der Waals surface area contributed by atoms with Crippen molar-refractivity contribution in [3.8, 4) is 0 Å². The summed E-state index contributed by atoms with van der Waals surface area (Å²) in [4.78, 5) is 2.46. The Balaban J connectivity index is 2.14. The molecule has 1 aliphatic carbocycles. The van der Waals surface area contributed by atoms with E-state index in [2.05, 4.69) is 48.4 Å². The van der Waals surface area contributed by atoms with Gasteiger partial charge in [0, 0.05) is 0 Å². The topological polar surface area (TPSA) is 25.2 Å². The van der Waals surface area contributed by atoms with Gasteiger partial charge in [0.25, 0.3) is 0 Å². The van der Waals surface area contributed by atoms with Crippen molar-refractivity contribution in [3.05, 3.63) is 24.3 Å². The Morgan fingerprint density at radius 2 is 2.08 bits per heavy atom. The summed E-state index contributed by atoms with van der Waals surface area (Å²) in [6.45, 7) is 6.64. The Bertz CT molecular complexity index is 228. The molecule has 66 valence electrons. The van der Waals surface area contributed by atoms with Gasteiger partial charge in [0.15, 0.2) is 0 Å². The molecule has 0 saturated carbocycles. The number of nitrogens with zero attached hydrogens (tertiary/aromatic N) is 1. The van der Waals surface area contributed by atoms with Crippen molar-refractivity contribution < 1.29 is 0 Å². The molecule has 2 nitrogen and oxygen atoms in total. The third-order valence-electron chi connectivity index (χ3n) is 2.83. The normalized spacial score (nSPS) is 37.1. The van der Waals surface area contributed by atoms with Crippen LogP contribution in [0.1, 0.15) is 13.8 Å². The lowest BCUT2D eigenvalue weighted by Gasteiger charge is -2.26. The van der Waals surface area contributed by atoms with Crippen molar-refractivity contribution >= 4 is 0 Å². The summed E-state index contributed by atoms with van der Waals surface area (Å²) in [5.41, 5.74) is 0.179. The molecule has 1 N–H and O–H groups in total. The van der Waals surface area contributed by atoms with Gasteiger partial charge < -0.3 is 0 Å². The van der Waals surface area contributed by atoms with E-state index in [9.17, 15) is 0 Å². The highest BCUT2D eigenvalue weighted by Gasteiger charge is 2.54. The number of nitrogens with one attached hydrogen (secondary N) is 1. The zero-order chi connectivity index (χ0) is 8.60. The lowest BCUT2D eigenvalue weighted by molar-refractivity contribution is 0.227. The molecule has 0 bridgehead atoms. The molecule has 0 spiro atoms. The van der Waals surface area contributed by atoms with Gasteiger partial charge in [-0.15, -0.1) is 0 Å². The summed E-state index contributed by atoms with van der Waals surface area (Å²) in [7, 11) is 0. The Morgan fingerprint density at radius 1 is 1.33 bits per heavy atom. The van der Waals surface area contributed by atoms with Crippen LogP contribution in [-0.4, -0.2) is 29.7 Å². The molecule has 1 fully saturated rings. The second-order valence-electron chi connectivity index (χ2n) is 3.36. The van der Waals surface area contributed by atoms with E-state index in [4.69, 9.17) is 0 Å². The number of allylic oxidation sites excluding steroid dienone is 2. The monoisotopic (exact) mass is 164 g/mol. The highest BCUT2D eigenvalue weighted by molar-refractivity contribution is 5.36. The second kappa shape index (κ2) is 2.71. The van der Waals surface area contributed by atoms with Crippen LogP contribution in [0.3, 0.4) is 0 Å². The van der Waals surface area contributed by atoms with E-state index in [-0.39, 0.29) is 5.66 Å². The van der Waals surface area contributed by atoms with Gasteiger partial charge in [-0.2, -0.15) is 0 Å². The van der Waals surface area contributed by atoms with Crippen LogP contribution in [-0.2, 0) is 0 Å². The molecule has 2 rings (SSSR count). The largest absolute Gasteiger partial charge is 0.284 e. The van der Waals surface area contributed by atoms with E-state index in [0.717, 1.165) is 13.1 Å². The first-order valence-corrected chi connectivity index (χ1v) is 4.72. The highest BCUT2D eigenvalue weighted by Crippen LogP contribution is 2.35. The van der Waals surface area contributed by atoms with E-state index < -0.39 is 0 Å². The number of rotatable bonds is 3. The first-order chi connectivity index (χ1) is 5.83. The maximum Gasteiger partial charge on any atom is 0.111 e. The summed E-state index contributed by atoms with van der Waals surface area (Å²) in [5.74, 6) is 0. The van der Waals surface area contributed by atoms with Gasteiger partial charge in [-0.25, -0.2) is 0 Å². The summed E-state index contributed by atoms with van der Waals surface area (Å²) >= 11 is 0. The van der Waals surface area contributed by atoms with Gasteiger partial charge in [-0.3, -0.25) is 10.2 Å². The van der Waals surface area contributed by atoms with Crippen molar-refractivity contribution in [2.24, 2.45) is 0 Å². The predicted molar refractivity (Wildman–Crippen MR) is 50.9 cm³/mol. The van der Waals surface area contributed by atoms with Crippen molar-refractivity contribution in [1.29, 1.82) is 0 Å². The van der Waals surface area contributed by atoms with Crippen LogP contribution in [0, 0.1) is 0 Å². The Morgan fingerprint density at radius 3 is 2.67 bits per heavy atom. The van der Waals surface area contributed by atoms with Crippen LogP contribution in [0.4, 0.5) is 0 Å². The minimum absolute atomic E-state index is 0.179. The molecule has 0 radical (unpaired) electrons. The van der Waals surface area contributed by atoms with Crippen molar-refractivity contribution in [1.82, 2.24) is 10.2 Å². The molecular formula is C10H16N2. The summed E-state index contributed by atoms with van der Waals surface area (Å²) in [5, 5.41) is 3.50. The molecular weight excluding hydrogens is 148 g/mol. The van der Waals surface area contributed by atoms with Gasteiger partial charge in [-0.1, -0.05) is 32.1 Å². The smallest absolute Gasteiger partial charge is 0.111 e. The third kappa shape index (κ3) is 0.952. The number of fused-ring (bicyclic) bond motifs is 1.